The minimum Gasteiger partial charge on any atom is -0.454 e. The van der Waals surface area contributed by atoms with Gasteiger partial charge >= 0.3 is 0 Å². The standard InChI is InChI=1S/C33H33N5O4S2/c1-3-11-37-30(36-14-12-35(13-15-36)19-23-7-5-4-6-8-23)25(22(2)26(18-34)31(37)39)17-29-32(40)38(33(43)44-29)20-24-9-10-27-28(16-24)42-21-41-27/h4-10,16-17H,3,11-15,19-21H2,1-2H3/b29-17+. The highest BCUT2D eigenvalue weighted by molar-refractivity contribution is 8.26. The van der Waals surface area contributed by atoms with Gasteiger partial charge in [0.1, 0.15) is 21.8 Å². The Hall–Kier alpha value is -4.11. The lowest BCUT2D eigenvalue weighted by Gasteiger charge is -2.38. The monoisotopic (exact) mass is 627 g/mol. The Labute approximate surface area is 266 Å². The lowest BCUT2D eigenvalue weighted by atomic mass is 10.0. The summed E-state index contributed by atoms with van der Waals surface area (Å²) in [5.74, 6) is 1.88. The number of nitriles is 1. The Morgan fingerprint density at radius 3 is 2.48 bits per heavy atom. The maximum Gasteiger partial charge on any atom is 0.270 e. The molecule has 0 unspecified atom stereocenters. The van der Waals surface area contributed by atoms with Gasteiger partial charge in [0.15, 0.2) is 11.5 Å². The van der Waals surface area contributed by atoms with E-state index in [1.807, 2.05) is 37.3 Å². The van der Waals surface area contributed by atoms with Crippen LogP contribution in [0.2, 0.25) is 0 Å². The van der Waals surface area contributed by atoms with E-state index in [0.29, 0.717) is 52.5 Å². The molecule has 3 aliphatic rings. The summed E-state index contributed by atoms with van der Waals surface area (Å²) in [5.41, 5.74) is 3.25. The van der Waals surface area contributed by atoms with E-state index in [2.05, 4.69) is 40.1 Å². The van der Waals surface area contributed by atoms with Gasteiger partial charge in [-0.2, -0.15) is 5.26 Å². The van der Waals surface area contributed by atoms with Crippen molar-refractivity contribution in [3.8, 4) is 17.6 Å². The molecule has 1 aromatic heterocycles. The first-order valence-electron chi connectivity index (χ1n) is 14.7. The highest BCUT2D eigenvalue weighted by Gasteiger charge is 2.34. The molecule has 0 spiro atoms. The van der Waals surface area contributed by atoms with Crippen molar-refractivity contribution < 1.29 is 14.3 Å². The molecule has 6 rings (SSSR count). The molecule has 3 aromatic rings. The normalized spacial score (nSPS) is 17.5. The molecule has 2 aromatic carbocycles. The molecule has 2 saturated heterocycles. The van der Waals surface area contributed by atoms with Crippen LogP contribution in [-0.4, -0.2) is 57.6 Å². The van der Waals surface area contributed by atoms with Crippen molar-refractivity contribution in [1.82, 2.24) is 14.4 Å². The summed E-state index contributed by atoms with van der Waals surface area (Å²) in [4.78, 5) is 34.0. The van der Waals surface area contributed by atoms with Crippen LogP contribution in [0.5, 0.6) is 11.5 Å². The molecule has 0 radical (unpaired) electrons. The minimum absolute atomic E-state index is 0.104. The number of carbonyl (C=O) groups excluding carboxylic acids is 1. The third kappa shape index (κ3) is 5.85. The van der Waals surface area contributed by atoms with Crippen LogP contribution in [0.4, 0.5) is 5.82 Å². The van der Waals surface area contributed by atoms with Crippen LogP contribution in [0, 0.1) is 18.3 Å². The highest BCUT2D eigenvalue weighted by atomic mass is 32.2. The number of hydrogen-bond donors (Lipinski definition) is 0. The van der Waals surface area contributed by atoms with Crippen LogP contribution in [-0.2, 0) is 24.4 Å². The topological polar surface area (TPSA) is 91.0 Å². The van der Waals surface area contributed by atoms with Crippen molar-refractivity contribution in [2.75, 3.05) is 37.9 Å². The Kier molecular flexibility index (Phi) is 8.75. The molecule has 9 nitrogen and oxygen atoms in total. The number of anilines is 1. The molecule has 0 N–H and O–H groups in total. The smallest absolute Gasteiger partial charge is 0.270 e. The summed E-state index contributed by atoms with van der Waals surface area (Å²) in [7, 11) is 0. The van der Waals surface area contributed by atoms with Gasteiger partial charge in [-0.25, -0.2) is 0 Å². The van der Waals surface area contributed by atoms with E-state index in [1.165, 1.54) is 17.3 Å². The molecule has 2 fully saturated rings. The first kappa shape index (κ1) is 29.9. The van der Waals surface area contributed by atoms with E-state index < -0.39 is 0 Å². The Morgan fingerprint density at radius 2 is 1.75 bits per heavy atom. The number of fused-ring (bicyclic) bond motifs is 1. The van der Waals surface area contributed by atoms with Crippen molar-refractivity contribution >= 4 is 46.1 Å². The van der Waals surface area contributed by atoms with E-state index in [-0.39, 0.29) is 23.8 Å². The van der Waals surface area contributed by atoms with Gasteiger partial charge in [-0.1, -0.05) is 67.3 Å². The largest absolute Gasteiger partial charge is 0.454 e. The van der Waals surface area contributed by atoms with Crippen LogP contribution in [0.25, 0.3) is 6.08 Å². The number of rotatable bonds is 8. The average molecular weight is 628 g/mol. The molecule has 44 heavy (non-hydrogen) atoms. The zero-order valence-corrected chi connectivity index (χ0v) is 26.4. The van der Waals surface area contributed by atoms with Crippen molar-refractivity contribution in [2.45, 2.75) is 39.9 Å². The summed E-state index contributed by atoms with van der Waals surface area (Å²) in [5, 5.41) is 10.00. The summed E-state index contributed by atoms with van der Waals surface area (Å²) >= 11 is 6.89. The third-order valence-electron chi connectivity index (χ3n) is 8.14. The molecule has 0 saturated carbocycles. The first-order valence-corrected chi connectivity index (χ1v) is 15.9. The molecule has 0 bridgehead atoms. The number of benzene rings is 2. The fourth-order valence-corrected chi connectivity index (χ4v) is 7.10. The zero-order chi connectivity index (χ0) is 30.8. The maximum atomic E-state index is 13.7. The number of thiocarbonyl (C=S) groups is 1. The molecule has 226 valence electrons. The molecular weight excluding hydrogens is 595 g/mol. The molecule has 1 amide bonds. The summed E-state index contributed by atoms with van der Waals surface area (Å²) in [6.45, 7) is 8.70. The number of piperazine rings is 1. The molecular formula is C33H33N5O4S2. The van der Waals surface area contributed by atoms with Gasteiger partial charge in [-0.3, -0.25) is 24.0 Å². The molecule has 0 aliphatic carbocycles. The highest BCUT2D eigenvalue weighted by Crippen LogP contribution is 2.38. The van der Waals surface area contributed by atoms with E-state index >= 15 is 0 Å². The van der Waals surface area contributed by atoms with Crippen LogP contribution < -0.4 is 19.9 Å². The number of amides is 1. The molecule has 11 heteroatoms. The quantitative estimate of drug-likeness (QED) is 0.256. The number of pyridine rings is 1. The predicted molar refractivity (Wildman–Crippen MR) is 176 cm³/mol. The van der Waals surface area contributed by atoms with Crippen molar-refractivity contribution in [2.24, 2.45) is 0 Å². The maximum absolute atomic E-state index is 13.7. The van der Waals surface area contributed by atoms with Gasteiger partial charge in [0.2, 0.25) is 6.79 Å². The van der Waals surface area contributed by atoms with Gasteiger partial charge in [-0.05, 0) is 48.2 Å². The third-order valence-corrected chi connectivity index (χ3v) is 9.52. The average Bonchev–Trinajstić information content (AvgIpc) is 3.60. The van der Waals surface area contributed by atoms with Gasteiger partial charge in [-0.15, -0.1) is 0 Å². The summed E-state index contributed by atoms with van der Waals surface area (Å²) < 4.78 is 13.1. The van der Waals surface area contributed by atoms with Crippen molar-refractivity contribution in [3.63, 3.8) is 0 Å². The van der Waals surface area contributed by atoms with Crippen molar-refractivity contribution in [3.05, 3.63) is 91.6 Å². The summed E-state index contributed by atoms with van der Waals surface area (Å²) in [6.07, 6.45) is 2.55. The van der Waals surface area contributed by atoms with Gasteiger partial charge in [0, 0.05) is 44.8 Å². The van der Waals surface area contributed by atoms with Crippen LogP contribution >= 0.6 is 24.0 Å². The molecule has 3 aliphatic heterocycles. The SMILES string of the molecule is CCCn1c(N2CCN(Cc3ccccc3)CC2)c(/C=C2/SC(=S)N(Cc3ccc4c(c3)OCO4)C2=O)c(C)c(C#N)c1=O. The molecule has 4 heterocycles. The Bertz CT molecular complexity index is 1740. The number of aromatic nitrogens is 1. The fourth-order valence-electron chi connectivity index (χ4n) is 5.86. The van der Waals surface area contributed by atoms with E-state index in [1.54, 1.807) is 16.4 Å². The summed E-state index contributed by atoms with van der Waals surface area (Å²) in [6, 6.07) is 18.1. The first-order chi connectivity index (χ1) is 21.4. The number of hydrogen-bond acceptors (Lipinski definition) is 9. The van der Waals surface area contributed by atoms with Crippen molar-refractivity contribution in [1.29, 1.82) is 5.26 Å². The van der Waals surface area contributed by atoms with E-state index in [0.717, 1.165) is 43.0 Å². The Morgan fingerprint density at radius 1 is 1.00 bits per heavy atom. The van der Waals surface area contributed by atoms with Crippen LogP contribution in [0.3, 0.4) is 0 Å². The molecule has 0 atom stereocenters. The van der Waals surface area contributed by atoms with Gasteiger partial charge in [0.25, 0.3) is 11.5 Å². The lowest BCUT2D eigenvalue weighted by Crippen LogP contribution is -2.48. The second-order valence-corrected chi connectivity index (χ2v) is 12.7. The lowest BCUT2D eigenvalue weighted by molar-refractivity contribution is -0.122. The number of thioether (sulfide) groups is 1. The van der Waals surface area contributed by atoms with Gasteiger partial charge < -0.3 is 14.4 Å². The fraction of sp³-hybridized carbons (Fsp3) is 0.333. The second kappa shape index (κ2) is 12.9. The number of ether oxygens (including phenoxy) is 2. The zero-order valence-electron chi connectivity index (χ0n) is 24.7. The van der Waals surface area contributed by atoms with Crippen LogP contribution in [0.1, 0.15) is 41.2 Å². The minimum atomic E-state index is -0.291. The Balaban J connectivity index is 1.32. The van der Waals surface area contributed by atoms with Crippen LogP contribution in [0.15, 0.2) is 58.2 Å². The van der Waals surface area contributed by atoms with E-state index in [4.69, 9.17) is 21.7 Å². The second-order valence-electron chi connectivity index (χ2n) is 11.0. The van der Waals surface area contributed by atoms with Gasteiger partial charge in [0.05, 0.1) is 11.4 Å². The predicted octanol–water partition coefficient (Wildman–Crippen LogP) is 4.89. The number of nitrogens with zero attached hydrogens (tertiary/aromatic N) is 5. The number of carbonyl (C=O) groups is 1. The van der Waals surface area contributed by atoms with E-state index in [9.17, 15) is 14.9 Å².